The highest BCUT2D eigenvalue weighted by Gasteiger charge is 2.22. The van der Waals surface area contributed by atoms with Crippen molar-refractivity contribution in [2.24, 2.45) is 0 Å². The Kier molecular flexibility index (Phi) is 4.59. The van der Waals surface area contributed by atoms with Crippen LogP contribution >= 0.6 is 11.3 Å². The van der Waals surface area contributed by atoms with Crippen molar-refractivity contribution < 1.29 is 14.7 Å². The minimum Gasteiger partial charge on any atom is -0.479 e. The normalized spacial score (nSPS) is 11.2. The van der Waals surface area contributed by atoms with E-state index in [2.05, 4.69) is 16.6 Å². The van der Waals surface area contributed by atoms with Gasteiger partial charge in [0.05, 0.1) is 0 Å². The monoisotopic (exact) mass is 300 g/mol. The average Bonchev–Trinajstić information content (AvgIpc) is 2.98. The maximum absolute atomic E-state index is 11.9. The van der Waals surface area contributed by atoms with Gasteiger partial charge in [0.2, 0.25) is 0 Å². The largest absolute Gasteiger partial charge is 0.479 e. The molecule has 1 aromatic heterocycles. The Labute approximate surface area is 125 Å². The standard InChI is InChI=1S/C15H12N2O3S/c1-2-10-5-3-6-11(9-10)16-15(20)17-13(14(18)19)12-7-4-8-21-12/h1,3-9,13H,(H,18,19)(H2,16,17,20). The van der Waals surface area contributed by atoms with Crippen LogP contribution in [-0.4, -0.2) is 17.1 Å². The second-order valence-electron chi connectivity index (χ2n) is 4.11. The number of anilines is 1. The van der Waals surface area contributed by atoms with E-state index in [0.717, 1.165) is 0 Å². The number of rotatable bonds is 4. The molecule has 1 unspecified atom stereocenters. The predicted molar refractivity (Wildman–Crippen MR) is 81.2 cm³/mol. The van der Waals surface area contributed by atoms with Crippen molar-refractivity contribution in [1.82, 2.24) is 5.32 Å². The molecule has 1 aromatic carbocycles. The lowest BCUT2D eigenvalue weighted by Crippen LogP contribution is -2.36. The van der Waals surface area contributed by atoms with Gasteiger partial charge < -0.3 is 15.7 Å². The van der Waals surface area contributed by atoms with Crippen molar-refractivity contribution in [2.75, 3.05) is 5.32 Å². The lowest BCUT2D eigenvalue weighted by molar-refractivity contribution is -0.139. The number of urea groups is 1. The average molecular weight is 300 g/mol. The van der Waals surface area contributed by atoms with E-state index < -0.39 is 18.0 Å². The van der Waals surface area contributed by atoms with Crippen LogP contribution in [0.25, 0.3) is 0 Å². The van der Waals surface area contributed by atoms with E-state index in [-0.39, 0.29) is 0 Å². The van der Waals surface area contributed by atoms with Gasteiger partial charge in [-0.05, 0) is 29.6 Å². The van der Waals surface area contributed by atoms with Crippen molar-refractivity contribution >= 4 is 29.0 Å². The van der Waals surface area contributed by atoms with E-state index in [4.69, 9.17) is 6.42 Å². The quantitative estimate of drug-likeness (QED) is 0.760. The first-order valence-corrected chi connectivity index (χ1v) is 6.88. The van der Waals surface area contributed by atoms with E-state index >= 15 is 0 Å². The molecule has 0 aliphatic carbocycles. The smallest absolute Gasteiger partial charge is 0.331 e. The second kappa shape index (κ2) is 6.59. The highest BCUT2D eigenvalue weighted by atomic mass is 32.1. The Balaban J connectivity index is 2.06. The van der Waals surface area contributed by atoms with Crippen LogP contribution in [-0.2, 0) is 4.79 Å². The summed E-state index contributed by atoms with van der Waals surface area (Å²) in [6.07, 6.45) is 5.28. The van der Waals surface area contributed by atoms with Gasteiger partial charge in [0.1, 0.15) is 0 Å². The number of carboxylic acids is 1. The summed E-state index contributed by atoms with van der Waals surface area (Å²) in [5.74, 6) is 1.34. The van der Waals surface area contributed by atoms with Gasteiger partial charge >= 0.3 is 12.0 Å². The number of thiophene rings is 1. The summed E-state index contributed by atoms with van der Waals surface area (Å²) in [6.45, 7) is 0. The van der Waals surface area contributed by atoms with Crippen LogP contribution in [0, 0.1) is 12.3 Å². The lowest BCUT2D eigenvalue weighted by Gasteiger charge is -2.14. The van der Waals surface area contributed by atoms with Crippen LogP contribution in [0.3, 0.4) is 0 Å². The minimum atomic E-state index is -1.12. The van der Waals surface area contributed by atoms with Gasteiger partial charge in [0, 0.05) is 16.1 Å². The second-order valence-corrected chi connectivity index (χ2v) is 5.09. The van der Waals surface area contributed by atoms with Crippen molar-refractivity contribution in [1.29, 1.82) is 0 Å². The Hall–Kier alpha value is -2.78. The van der Waals surface area contributed by atoms with Crippen molar-refractivity contribution in [2.45, 2.75) is 6.04 Å². The van der Waals surface area contributed by atoms with Gasteiger partial charge in [0.15, 0.2) is 6.04 Å². The number of hydrogen-bond acceptors (Lipinski definition) is 3. The Bertz CT molecular complexity index is 689. The number of benzene rings is 1. The number of terminal acetylenes is 1. The zero-order valence-corrected chi connectivity index (χ0v) is 11.7. The number of nitrogens with one attached hydrogen (secondary N) is 2. The van der Waals surface area contributed by atoms with Crippen molar-refractivity contribution in [3.05, 3.63) is 52.2 Å². The number of amides is 2. The van der Waals surface area contributed by atoms with E-state index in [9.17, 15) is 14.7 Å². The zero-order valence-electron chi connectivity index (χ0n) is 10.9. The number of hydrogen-bond donors (Lipinski definition) is 3. The summed E-state index contributed by atoms with van der Waals surface area (Å²) in [4.78, 5) is 23.7. The van der Waals surface area contributed by atoms with E-state index in [1.807, 2.05) is 0 Å². The molecule has 0 radical (unpaired) electrons. The molecular formula is C15H12N2O3S. The van der Waals surface area contributed by atoms with E-state index in [0.29, 0.717) is 16.1 Å². The fourth-order valence-corrected chi connectivity index (χ4v) is 2.46. The lowest BCUT2D eigenvalue weighted by atomic mass is 10.2. The predicted octanol–water partition coefficient (Wildman–Crippen LogP) is 2.68. The molecule has 2 aromatic rings. The summed E-state index contributed by atoms with van der Waals surface area (Å²) in [6, 6.07) is 8.43. The molecule has 0 saturated heterocycles. The highest BCUT2D eigenvalue weighted by Crippen LogP contribution is 2.19. The maximum Gasteiger partial charge on any atom is 0.331 e. The fraction of sp³-hybridized carbons (Fsp3) is 0.0667. The summed E-state index contributed by atoms with van der Waals surface area (Å²) >= 11 is 1.26. The molecule has 2 amide bonds. The van der Waals surface area contributed by atoms with Gasteiger partial charge in [0.25, 0.3) is 0 Å². The van der Waals surface area contributed by atoms with Crippen LogP contribution in [0.4, 0.5) is 10.5 Å². The Morgan fingerprint density at radius 3 is 2.71 bits per heavy atom. The molecule has 2 rings (SSSR count). The molecule has 0 fully saturated rings. The van der Waals surface area contributed by atoms with Gasteiger partial charge in [-0.25, -0.2) is 9.59 Å². The van der Waals surface area contributed by atoms with Gasteiger partial charge in [-0.1, -0.05) is 18.1 Å². The van der Waals surface area contributed by atoms with Crippen LogP contribution in [0.15, 0.2) is 41.8 Å². The molecule has 0 aliphatic heterocycles. The molecule has 0 saturated carbocycles. The van der Waals surface area contributed by atoms with Gasteiger partial charge in [-0.15, -0.1) is 17.8 Å². The molecule has 0 aliphatic rings. The van der Waals surface area contributed by atoms with E-state index in [1.165, 1.54) is 11.3 Å². The SMILES string of the molecule is C#Cc1cccc(NC(=O)NC(C(=O)O)c2cccs2)c1. The third kappa shape index (κ3) is 3.84. The number of carboxylic acid groups (broad SMARTS) is 1. The first-order valence-electron chi connectivity index (χ1n) is 6.00. The summed E-state index contributed by atoms with van der Waals surface area (Å²) in [7, 11) is 0. The fourth-order valence-electron chi connectivity index (χ4n) is 1.70. The van der Waals surface area contributed by atoms with E-state index in [1.54, 1.807) is 41.8 Å². The highest BCUT2D eigenvalue weighted by molar-refractivity contribution is 7.10. The van der Waals surface area contributed by atoms with Crippen LogP contribution in [0.2, 0.25) is 0 Å². The molecule has 1 atom stereocenters. The molecular weight excluding hydrogens is 288 g/mol. The summed E-state index contributed by atoms with van der Waals surface area (Å²) in [5.41, 5.74) is 1.12. The van der Waals surface area contributed by atoms with Crippen molar-refractivity contribution in [3.8, 4) is 12.3 Å². The third-order valence-electron chi connectivity index (χ3n) is 2.64. The van der Waals surface area contributed by atoms with Crippen LogP contribution in [0.1, 0.15) is 16.5 Å². The topological polar surface area (TPSA) is 78.4 Å². The number of aliphatic carboxylic acids is 1. The molecule has 0 spiro atoms. The third-order valence-corrected chi connectivity index (χ3v) is 3.57. The zero-order chi connectivity index (χ0) is 15.2. The molecule has 21 heavy (non-hydrogen) atoms. The molecule has 0 bridgehead atoms. The molecule has 5 nitrogen and oxygen atoms in total. The van der Waals surface area contributed by atoms with Crippen LogP contribution < -0.4 is 10.6 Å². The number of carbonyl (C=O) groups is 2. The molecule has 106 valence electrons. The number of carbonyl (C=O) groups excluding carboxylic acids is 1. The Morgan fingerprint density at radius 2 is 2.10 bits per heavy atom. The molecule has 3 N–H and O–H groups in total. The summed E-state index contributed by atoms with van der Waals surface area (Å²) < 4.78 is 0. The van der Waals surface area contributed by atoms with Gasteiger partial charge in [-0.2, -0.15) is 0 Å². The molecule has 6 heteroatoms. The minimum absolute atomic E-state index is 0.498. The molecule has 1 heterocycles. The Morgan fingerprint density at radius 1 is 1.29 bits per heavy atom. The first-order chi connectivity index (χ1) is 10.1. The van der Waals surface area contributed by atoms with Crippen LogP contribution in [0.5, 0.6) is 0 Å². The van der Waals surface area contributed by atoms with Crippen molar-refractivity contribution in [3.63, 3.8) is 0 Å². The first kappa shape index (κ1) is 14.6. The van der Waals surface area contributed by atoms with Gasteiger partial charge in [-0.3, -0.25) is 0 Å². The maximum atomic E-state index is 11.9. The summed E-state index contributed by atoms with van der Waals surface area (Å²) in [5, 5.41) is 15.9.